The normalized spacial score (nSPS) is 23.8. The van der Waals surface area contributed by atoms with Gasteiger partial charge < -0.3 is 4.74 Å². The monoisotopic (exact) mass is 138 g/mol. The van der Waals surface area contributed by atoms with E-state index >= 15 is 0 Å². The first-order valence-electron chi connectivity index (χ1n) is 2.84. The van der Waals surface area contributed by atoms with Gasteiger partial charge in [-0.05, 0) is 6.08 Å². The number of rotatable bonds is 1. The van der Waals surface area contributed by atoms with Gasteiger partial charge in [-0.1, -0.05) is 6.58 Å². The Kier molecular flexibility index (Phi) is 1.69. The predicted octanol–water partition coefficient (Wildman–Crippen LogP) is 0.417. The Bertz CT molecular complexity index is 223. The summed E-state index contributed by atoms with van der Waals surface area (Å²) in [4.78, 5) is 21.1. The van der Waals surface area contributed by atoms with Gasteiger partial charge in [0, 0.05) is 0 Å². The van der Waals surface area contributed by atoms with Gasteiger partial charge in [0.25, 0.3) is 0 Å². The minimum absolute atomic E-state index is 0.126. The molecule has 0 spiro atoms. The molecule has 1 unspecified atom stereocenters. The second kappa shape index (κ2) is 2.50. The van der Waals surface area contributed by atoms with Crippen molar-refractivity contribution in [1.29, 1.82) is 0 Å². The summed E-state index contributed by atoms with van der Waals surface area (Å²) in [6.07, 6.45) is 1.56. The van der Waals surface area contributed by atoms with Crippen molar-refractivity contribution in [3.8, 4) is 0 Å². The Labute approximate surface area is 58.0 Å². The highest BCUT2D eigenvalue weighted by Gasteiger charge is 2.30. The molecule has 1 saturated heterocycles. The smallest absolute Gasteiger partial charge is 0.321 e. The number of esters is 2. The van der Waals surface area contributed by atoms with Crippen molar-refractivity contribution in [3.63, 3.8) is 0 Å². The highest BCUT2D eigenvalue weighted by molar-refractivity contribution is 5.95. The van der Waals surface area contributed by atoms with Gasteiger partial charge in [-0.3, -0.25) is 9.59 Å². The molecule has 1 aliphatic rings. The highest BCUT2D eigenvalue weighted by Crippen LogP contribution is 2.15. The maximum absolute atomic E-state index is 10.6. The van der Waals surface area contributed by atoms with Gasteiger partial charge in [0.1, 0.15) is 0 Å². The SMILES string of the molecule is C=C=CC1CC(=O)OC1=O. The third-order valence-corrected chi connectivity index (χ3v) is 1.22. The molecule has 3 nitrogen and oxygen atoms in total. The average Bonchev–Trinajstić information content (AvgIpc) is 2.13. The minimum atomic E-state index is -0.499. The van der Waals surface area contributed by atoms with Crippen LogP contribution in [0.25, 0.3) is 0 Å². The molecule has 0 radical (unpaired) electrons. The molecule has 0 aromatic rings. The summed E-state index contributed by atoms with van der Waals surface area (Å²) >= 11 is 0. The van der Waals surface area contributed by atoms with Crippen LogP contribution in [0.5, 0.6) is 0 Å². The molecule has 1 heterocycles. The van der Waals surface area contributed by atoms with Gasteiger partial charge in [-0.15, -0.1) is 5.73 Å². The fourth-order valence-electron chi connectivity index (χ4n) is 0.762. The number of carbonyl (C=O) groups is 2. The molecule has 1 rings (SSSR count). The Morgan fingerprint density at radius 2 is 2.40 bits per heavy atom. The molecular formula is C7H6O3. The first-order chi connectivity index (χ1) is 4.74. The summed E-state index contributed by atoms with van der Waals surface area (Å²) in [5.74, 6) is -1.42. The molecule has 1 atom stereocenters. The second-order valence-electron chi connectivity index (χ2n) is 1.97. The lowest BCUT2D eigenvalue weighted by molar-refractivity contribution is -0.152. The molecule has 0 bridgehead atoms. The first kappa shape index (κ1) is 6.78. The van der Waals surface area contributed by atoms with E-state index in [1.165, 1.54) is 6.08 Å². The van der Waals surface area contributed by atoms with Crippen LogP contribution in [-0.4, -0.2) is 11.9 Å². The lowest BCUT2D eigenvalue weighted by Crippen LogP contribution is -2.03. The second-order valence-corrected chi connectivity index (χ2v) is 1.97. The largest absolute Gasteiger partial charge is 0.393 e. The molecule has 0 aromatic carbocycles. The lowest BCUT2D eigenvalue weighted by Gasteiger charge is -1.89. The van der Waals surface area contributed by atoms with Gasteiger partial charge in [-0.25, -0.2) is 0 Å². The van der Waals surface area contributed by atoms with Crippen molar-refractivity contribution < 1.29 is 14.3 Å². The summed E-state index contributed by atoms with van der Waals surface area (Å²) in [6.45, 7) is 3.28. The van der Waals surface area contributed by atoms with E-state index in [2.05, 4.69) is 17.0 Å². The Balaban J connectivity index is 2.72. The zero-order chi connectivity index (χ0) is 7.56. The molecule has 3 heteroatoms. The predicted molar refractivity (Wildman–Crippen MR) is 32.9 cm³/mol. The van der Waals surface area contributed by atoms with E-state index in [1.807, 2.05) is 0 Å². The van der Waals surface area contributed by atoms with Crippen molar-refractivity contribution in [2.75, 3.05) is 0 Å². The third kappa shape index (κ3) is 1.14. The number of cyclic esters (lactones) is 2. The molecule has 52 valence electrons. The van der Waals surface area contributed by atoms with Crippen molar-refractivity contribution in [2.24, 2.45) is 5.92 Å². The van der Waals surface area contributed by atoms with Crippen LogP contribution in [0.2, 0.25) is 0 Å². The fourth-order valence-corrected chi connectivity index (χ4v) is 0.762. The standard InChI is InChI=1S/C7H6O3/c1-2-3-5-4-6(8)10-7(5)9/h3,5H,1,4H2. The van der Waals surface area contributed by atoms with Crippen molar-refractivity contribution in [2.45, 2.75) is 6.42 Å². The van der Waals surface area contributed by atoms with Gasteiger partial charge in [0.15, 0.2) is 0 Å². The molecular weight excluding hydrogens is 132 g/mol. The minimum Gasteiger partial charge on any atom is -0.393 e. The van der Waals surface area contributed by atoms with Crippen LogP contribution in [-0.2, 0) is 14.3 Å². The van der Waals surface area contributed by atoms with Crippen molar-refractivity contribution >= 4 is 11.9 Å². The van der Waals surface area contributed by atoms with E-state index in [1.54, 1.807) is 0 Å². The maximum atomic E-state index is 10.6. The molecule has 1 fully saturated rings. The number of hydrogen-bond donors (Lipinski definition) is 0. The van der Waals surface area contributed by atoms with Crippen LogP contribution < -0.4 is 0 Å². The van der Waals surface area contributed by atoms with E-state index in [0.717, 1.165) is 0 Å². The van der Waals surface area contributed by atoms with E-state index in [4.69, 9.17) is 0 Å². The molecule has 0 saturated carbocycles. The number of carbonyl (C=O) groups excluding carboxylic acids is 2. The molecule has 0 aromatic heterocycles. The van der Waals surface area contributed by atoms with Gasteiger partial charge in [0.05, 0.1) is 12.3 Å². The average molecular weight is 138 g/mol. The number of ether oxygens (including phenoxy) is 1. The quantitative estimate of drug-likeness (QED) is 0.299. The Hall–Kier alpha value is -1.34. The summed E-state index contributed by atoms with van der Waals surface area (Å²) in [7, 11) is 0. The molecule has 0 N–H and O–H groups in total. The van der Waals surface area contributed by atoms with Gasteiger partial charge in [-0.2, -0.15) is 0 Å². The Morgan fingerprint density at radius 3 is 2.80 bits per heavy atom. The summed E-state index contributed by atoms with van der Waals surface area (Å²) in [5, 5.41) is 0. The lowest BCUT2D eigenvalue weighted by atomic mass is 10.1. The zero-order valence-electron chi connectivity index (χ0n) is 5.29. The van der Waals surface area contributed by atoms with E-state index < -0.39 is 17.9 Å². The van der Waals surface area contributed by atoms with Crippen LogP contribution >= 0.6 is 0 Å². The summed E-state index contributed by atoms with van der Waals surface area (Å²) < 4.78 is 4.25. The topological polar surface area (TPSA) is 43.4 Å². The van der Waals surface area contributed by atoms with E-state index in [-0.39, 0.29) is 6.42 Å². The van der Waals surface area contributed by atoms with Crippen LogP contribution in [0.1, 0.15) is 6.42 Å². The van der Waals surface area contributed by atoms with Crippen molar-refractivity contribution in [1.82, 2.24) is 0 Å². The third-order valence-electron chi connectivity index (χ3n) is 1.22. The molecule has 10 heavy (non-hydrogen) atoms. The molecule has 0 amide bonds. The number of hydrogen-bond acceptors (Lipinski definition) is 3. The maximum Gasteiger partial charge on any atom is 0.321 e. The molecule has 1 aliphatic heterocycles. The van der Waals surface area contributed by atoms with Crippen LogP contribution in [0.3, 0.4) is 0 Å². The summed E-state index contributed by atoms with van der Waals surface area (Å²) in [5.41, 5.74) is 2.43. The first-order valence-corrected chi connectivity index (χ1v) is 2.84. The van der Waals surface area contributed by atoms with E-state index in [0.29, 0.717) is 0 Å². The molecule has 0 aliphatic carbocycles. The van der Waals surface area contributed by atoms with E-state index in [9.17, 15) is 9.59 Å². The van der Waals surface area contributed by atoms with Crippen LogP contribution in [0.15, 0.2) is 18.4 Å². The van der Waals surface area contributed by atoms with Gasteiger partial charge in [0.2, 0.25) is 0 Å². The van der Waals surface area contributed by atoms with Crippen LogP contribution in [0, 0.1) is 5.92 Å². The van der Waals surface area contributed by atoms with Crippen molar-refractivity contribution in [3.05, 3.63) is 18.4 Å². The summed E-state index contributed by atoms with van der Waals surface area (Å²) in [6, 6.07) is 0. The fraction of sp³-hybridized carbons (Fsp3) is 0.286. The van der Waals surface area contributed by atoms with Crippen LogP contribution in [0.4, 0.5) is 0 Å². The highest BCUT2D eigenvalue weighted by atomic mass is 16.6. The Morgan fingerprint density at radius 1 is 1.70 bits per heavy atom. The van der Waals surface area contributed by atoms with Gasteiger partial charge >= 0.3 is 11.9 Å². The zero-order valence-corrected chi connectivity index (χ0v) is 5.29.